The fourth-order valence-electron chi connectivity index (χ4n) is 6.33. The zero-order valence-electron chi connectivity index (χ0n) is 24.8. The van der Waals surface area contributed by atoms with Gasteiger partial charge in [-0.05, 0) is 44.1 Å². The first-order valence-corrected chi connectivity index (χ1v) is 15.1. The summed E-state index contributed by atoms with van der Waals surface area (Å²) in [5.74, 6) is -0.470. The number of anilines is 2. The van der Waals surface area contributed by atoms with Gasteiger partial charge in [-0.3, -0.25) is 4.79 Å². The average molecular weight is 599 g/mol. The van der Waals surface area contributed by atoms with Crippen molar-refractivity contribution in [2.24, 2.45) is 7.05 Å². The van der Waals surface area contributed by atoms with Crippen LogP contribution in [0.5, 0.6) is 5.88 Å². The SMILES string of the molecule is COc1ncnc(C2CC2)c1-c1ncc2c(n1)N(Cc1ccc(-c3nc(C(C)(F)F)cn3C)cc1)C1(CC1)C(=O)N2C1CC1. The molecule has 3 aromatic heterocycles. The van der Waals surface area contributed by atoms with Crippen LogP contribution in [0.2, 0.25) is 0 Å². The minimum atomic E-state index is -3.02. The van der Waals surface area contributed by atoms with E-state index in [4.69, 9.17) is 14.7 Å². The molecular weight excluding hydrogens is 566 g/mol. The molecule has 0 N–H and O–H groups in total. The number of aryl methyl sites for hydroxylation is 1. The number of alkyl halides is 2. The van der Waals surface area contributed by atoms with Gasteiger partial charge in [0.05, 0.1) is 19.0 Å². The predicted molar refractivity (Wildman–Crippen MR) is 158 cm³/mol. The van der Waals surface area contributed by atoms with Crippen LogP contribution in [0.3, 0.4) is 0 Å². The maximum atomic E-state index is 14.0. The average Bonchev–Trinajstić information content (AvgIpc) is 3.88. The maximum absolute atomic E-state index is 14.0. The number of ether oxygens (including phenoxy) is 1. The number of halogens is 2. The first-order chi connectivity index (χ1) is 21.2. The minimum Gasteiger partial charge on any atom is -0.480 e. The number of benzene rings is 1. The zero-order valence-corrected chi connectivity index (χ0v) is 24.8. The van der Waals surface area contributed by atoms with E-state index in [1.165, 1.54) is 12.5 Å². The van der Waals surface area contributed by atoms with Gasteiger partial charge in [0.1, 0.15) is 34.6 Å². The van der Waals surface area contributed by atoms with Crippen molar-refractivity contribution in [3.63, 3.8) is 0 Å². The fourth-order valence-corrected chi connectivity index (χ4v) is 6.33. The van der Waals surface area contributed by atoms with Crippen LogP contribution < -0.4 is 14.5 Å². The third kappa shape index (κ3) is 4.33. The predicted octanol–water partition coefficient (Wildman–Crippen LogP) is 5.38. The molecule has 3 fully saturated rings. The standard InChI is InChI=1S/C32H32F2N8O2/c1-31(33,34)23-16-40(2)27(38-23)20-6-4-18(5-7-20)15-41-28-22(42(21-10-11-21)30(43)32(41)12-13-32)14-35-26(39-28)24-25(19-8-9-19)36-17-37-29(24)44-3/h4-7,14,16-17,19,21H,8-13,15H2,1-3H3. The number of rotatable bonds is 8. The van der Waals surface area contributed by atoms with Crippen LogP contribution in [0.4, 0.5) is 20.3 Å². The summed E-state index contributed by atoms with van der Waals surface area (Å²) in [6, 6.07) is 7.87. The van der Waals surface area contributed by atoms with Gasteiger partial charge >= 0.3 is 0 Å². The highest BCUT2D eigenvalue weighted by atomic mass is 19.3. The smallest absolute Gasteiger partial charge is 0.288 e. The topological polar surface area (TPSA) is 102 Å². The van der Waals surface area contributed by atoms with Crippen LogP contribution in [-0.4, -0.2) is 54.1 Å². The van der Waals surface area contributed by atoms with Crippen molar-refractivity contribution in [3.05, 3.63) is 59.9 Å². The normalized spacial score (nSPS) is 19.0. The summed E-state index contributed by atoms with van der Waals surface area (Å²) in [6.07, 6.45) is 10.2. The summed E-state index contributed by atoms with van der Waals surface area (Å²) < 4.78 is 35.1. The molecule has 1 aliphatic heterocycles. The zero-order chi connectivity index (χ0) is 30.4. The van der Waals surface area contributed by atoms with Gasteiger partial charge in [-0.2, -0.15) is 8.78 Å². The highest BCUT2D eigenvalue weighted by Gasteiger charge is 2.62. The monoisotopic (exact) mass is 598 g/mol. The largest absolute Gasteiger partial charge is 0.480 e. The van der Waals surface area contributed by atoms with Crippen LogP contribution in [-0.2, 0) is 24.3 Å². The molecule has 4 aliphatic rings. The van der Waals surface area contributed by atoms with Crippen LogP contribution in [0.1, 0.15) is 68.3 Å². The Morgan fingerprint density at radius 1 is 1.05 bits per heavy atom. The first kappa shape index (κ1) is 27.1. The Labute approximate surface area is 253 Å². The molecular formula is C32H32F2N8O2. The van der Waals surface area contributed by atoms with Gasteiger partial charge in [0, 0.05) is 44.2 Å². The molecule has 3 aliphatic carbocycles. The Morgan fingerprint density at radius 2 is 1.80 bits per heavy atom. The first-order valence-electron chi connectivity index (χ1n) is 15.1. The van der Waals surface area contributed by atoms with Gasteiger partial charge in [-0.1, -0.05) is 24.3 Å². The van der Waals surface area contributed by atoms with E-state index < -0.39 is 11.5 Å². The number of nitrogens with zero attached hydrogens (tertiary/aromatic N) is 8. The molecule has 44 heavy (non-hydrogen) atoms. The van der Waals surface area contributed by atoms with E-state index in [9.17, 15) is 13.6 Å². The minimum absolute atomic E-state index is 0.112. The second kappa shape index (κ2) is 9.51. The van der Waals surface area contributed by atoms with Crippen molar-refractivity contribution in [1.29, 1.82) is 0 Å². The van der Waals surface area contributed by atoms with E-state index in [1.54, 1.807) is 24.9 Å². The number of carbonyl (C=O) groups is 1. The molecule has 8 rings (SSSR count). The Bertz CT molecular complexity index is 1790. The van der Waals surface area contributed by atoms with Crippen LogP contribution in [0.15, 0.2) is 43.0 Å². The summed E-state index contributed by atoms with van der Waals surface area (Å²) >= 11 is 0. The molecule has 4 aromatic rings. The number of methoxy groups -OCH3 is 1. The molecule has 10 nitrogen and oxygen atoms in total. The second-order valence-corrected chi connectivity index (χ2v) is 12.5. The fraction of sp³-hybridized carbons (Fsp3) is 0.438. The molecule has 12 heteroatoms. The number of carbonyl (C=O) groups excluding carboxylic acids is 1. The Kier molecular flexibility index (Phi) is 5.86. The molecule has 0 atom stereocenters. The van der Waals surface area contributed by atoms with Gasteiger partial charge in [0.2, 0.25) is 5.88 Å². The Morgan fingerprint density at radius 3 is 2.41 bits per heavy atom. The van der Waals surface area contributed by atoms with E-state index in [2.05, 4.69) is 19.9 Å². The van der Waals surface area contributed by atoms with E-state index in [0.717, 1.165) is 73.8 Å². The van der Waals surface area contributed by atoms with Crippen molar-refractivity contribution >= 4 is 17.4 Å². The molecule has 4 heterocycles. The second-order valence-electron chi connectivity index (χ2n) is 12.5. The molecule has 0 unspecified atom stereocenters. The van der Waals surface area contributed by atoms with Gasteiger partial charge in [-0.15, -0.1) is 0 Å². The molecule has 3 saturated carbocycles. The number of fused-ring (bicyclic) bond motifs is 1. The van der Waals surface area contributed by atoms with Gasteiger partial charge in [-0.25, -0.2) is 24.9 Å². The molecule has 0 radical (unpaired) electrons. The van der Waals surface area contributed by atoms with E-state index in [-0.39, 0.29) is 17.6 Å². The van der Waals surface area contributed by atoms with E-state index in [0.29, 0.717) is 35.6 Å². The Balaban J connectivity index is 1.19. The Hall–Kier alpha value is -4.48. The molecule has 1 amide bonds. The van der Waals surface area contributed by atoms with Gasteiger partial charge < -0.3 is 19.1 Å². The molecule has 1 aromatic carbocycles. The number of aromatic nitrogens is 6. The third-order valence-electron chi connectivity index (χ3n) is 9.14. The van der Waals surface area contributed by atoms with Gasteiger partial charge in [0.25, 0.3) is 11.8 Å². The van der Waals surface area contributed by atoms with E-state index in [1.807, 2.05) is 29.2 Å². The lowest BCUT2D eigenvalue weighted by Gasteiger charge is -2.43. The summed E-state index contributed by atoms with van der Waals surface area (Å²) in [7, 11) is 3.30. The van der Waals surface area contributed by atoms with Crippen LogP contribution >= 0.6 is 0 Å². The van der Waals surface area contributed by atoms with Crippen molar-refractivity contribution in [2.75, 3.05) is 16.9 Å². The lowest BCUT2D eigenvalue weighted by atomic mass is 10.0. The van der Waals surface area contributed by atoms with Gasteiger partial charge in [0.15, 0.2) is 11.6 Å². The number of hydrogen-bond donors (Lipinski definition) is 0. The number of hydrogen-bond acceptors (Lipinski definition) is 8. The van der Waals surface area contributed by atoms with E-state index >= 15 is 0 Å². The summed E-state index contributed by atoms with van der Waals surface area (Å²) in [6.45, 7) is 1.30. The number of amides is 1. The lowest BCUT2D eigenvalue weighted by molar-refractivity contribution is -0.121. The quantitative estimate of drug-likeness (QED) is 0.267. The highest BCUT2D eigenvalue weighted by molar-refractivity contribution is 6.10. The molecule has 1 spiro atoms. The summed E-state index contributed by atoms with van der Waals surface area (Å²) in [5.41, 5.74) is 3.10. The third-order valence-corrected chi connectivity index (χ3v) is 9.14. The summed E-state index contributed by atoms with van der Waals surface area (Å²) in [5, 5.41) is 0. The summed E-state index contributed by atoms with van der Waals surface area (Å²) in [4.78, 5) is 41.2. The van der Waals surface area contributed by atoms with Crippen LogP contribution in [0.25, 0.3) is 22.8 Å². The molecule has 0 saturated heterocycles. The van der Waals surface area contributed by atoms with Crippen molar-refractivity contribution in [3.8, 4) is 28.7 Å². The van der Waals surface area contributed by atoms with Crippen molar-refractivity contribution in [1.82, 2.24) is 29.5 Å². The van der Waals surface area contributed by atoms with Crippen molar-refractivity contribution in [2.45, 2.75) is 75.4 Å². The lowest BCUT2D eigenvalue weighted by Crippen LogP contribution is -2.56. The maximum Gasteiger partial charge on any atom is 0.288 e. The molecule has 226 valence electrons. The van der Waals surface area contributed by atoms with Crippen LogP contribution in [0, 0.1) is 0 Å². The highest BCUT2D eigenvalue weighted by Crippen LogP contribution is 2.55. The van der Waals surface area contributed by atoms with Crippen molar-refractivity contribution < 1.29 is 18.3 Å². The molecule has 0 bridgehead atoms. The number of imidazole rings is 1.